The van der Waals surface area contributed by atoms with E-state index in [0.717, 1.165) is 34.2 Å². The van der Waals surface area contributed by atoms with Crippen molar-refractivity contribution in [3.8, 4) is 17.2 Å². The zero-order valence-corrected chi connectivity index (χ0v) is 23.6. The number of aromatic nitrogens is 2. The normalized spacial score (nSPS) is 16.5. The molecule has 2 aromatic carbocycles. The molecule has 1 saturated heterocycles. The number of thiocarbonyl (C=S) groups is 1. The average Bonchev–Trinajstić information content (AvgIpc) is 3.52. The van der Waals surface area contributed by atoms with Crippen LogP contribution in [0, 0.1) is 6.92 Å². The summed E-state index contributed by atoms with van der Waals surface area (Å²) in [6, 6.07) is 23.1. The predicted octanol–water partition coefficient (Wildman–Crippen LogP) is 4.96. The molecule has 2 aromatic heterocycles. The van der Waals surface area contributed by atoms with Crippen LogP contribution < -0.4 is 25.0 Å². The molecular formula is C30H31N5O4S. The van der Waals surface area contributed by atoms with Gasteiger partial charge < -0.3 is 34.3 Å². The molecule has 1 fully saturated rings. The highest BCUT2D eigenvalue weighted by Gasteiger charge is 2.42. The Kier molecular flexibility index (Phi) is 7.99. The maximum Gasteiger partial charge on any atom is 0.250 e. The van der Waals surface area contributed by atoms with E-state index >= 15 is 0 Å². The summed E-state index contributed by atoms with van der Waals surface area (Å²) in [6.45, 7) is 2.00. The number of carbonyl (C=O) groups excluding carboxylic acids is 1. The van der Waals surface area contributed by atoms with Crippen molar-refractivity contribution in [3.05, 3.63) is 96.1 Å². The largest absolute Gasteiger partial charge is 0.497 e. The second kappa shape index (κ2) is 11.8. The van der Waals surface area contributed by atoms with Crippen LogP contribution in [0.5, 0.6) is 11.5 Å². The van der Waals surface area contributed by atoms with Gasteiger partial charge in [0.25, 0.3) is 0 Å². The summed E-state index contributed by atoms with van der Waals surface area (Å²) in [6.07, 6.45) is 1.78. The Morgan fingerprint density at radius 2 is 1.77 bits per heavy atom. The zero-order valence-electron chi connectivity index (χ0n) is 22.8. The SMILES string of the molecule is COCC(=O)Nc1cc(N2C(=S)N[C@@H](c3ccccn3)[C@@H]2c2ccc(C)n2-c2ccc(OC)cc2)ccc1OC. The van der Waals surface area contributed by atoms with Gasteiger partial charge in [0.15, 0.2) is 5.11 Å². The van der Waals surface area contributed by atoms with Gasteiger partial charge in [-0.3, -0.25) is 9.78 Å². The quantitative estimate of drug-likeness (QED) is 0.279. The van der Waals surface area contributed by atoms with Crippen LogP contribution >= 0.6 is 12.2 Å². The summed E-state index contributed by atoms with van der Waals surface area (Å²) < 4.78 is 18.1. The van der Waals surface area contributed by atoms with E-state index in [2.05, 4.69) is 44.1 Å². The van der Waals surface area contributed by atoms with Gasteiger partial charge in [-0.25, -0.2) is 0 Å². The Morgan fingerprint density at radius 3 is 2.45 bits per heavy atom. The number of nitrogens with zero attached hydrogens (tertiary/aromatic N) is 3. The maximum absolute atomic E-state index is 12.4. The standard InChI is InChI=1S/C30H31N5O4S/c1-19-8-14-25(34(19)20-9-12-22(38-3)13-10-20)29-28(23-7-5-6-16-31-23)33-30(40)35(29)21-11-15-26(39-4)24(17-21)32-27(36)18-37-2/h5-17,28-29H,18H2,1-4H3,(H,32,36)(H,33,40)/t28-,29-/m0/s1. The summed E-state index contributed by atoms with van der Waals surface area (Å²) >= 11 is 5.93. The first-order chi connectivity index (χ1) is 19.4. The number of carbonyl (C=O) groups is 1. The molecule has 10 heteroatoms. The van der Waals surface area contributed by atoms with Crippen molar-refractivity contribution in [2.24, 2.45) is 0 Å². The van der Waals surface area contributed by atoms with E-state index in [1.807, 2.05) is 60.7 Å². The highest BCUT2D eigenvalue weighted by Crippen LogP contribution is 2.44. The van der Waals surface area contributed by atoms with E-state index in [1.165, 1.54) is 7.11 Å². The van der Waals surface area contributed by atoms with E-state index in [9.17, 15) is 4.79 Å². The first-order valence-corrected chi connectivity index (χ1v) is 13.2. The third kappa shape index (κ3) is 5.23. The molecule has 206 valence electrons. The van der Waals surface area contributed by atoms with Gasteiger partial charge in [-0.1, -0.05) is 6.07 Å². The average molecular weight is 558 g/mol. The van der Waals surface area contributed by atoms with Crippen LogP contribution in [0.1, 0.15) is 29.2 Å². The Hall–Kier alpha value is -4.41. The van der Waals surface area contributed by atoms with Crippen molar-refractivity contribution in [2.45, 2.75) is 19.0 Å². The van der Waals surface area contributed by atoms with Gasteiger partial charge in [-0.15, -0.1) is 0 Å². The summed E-state index contributed by atoms with van der Waals surface area (Å²) in [5.41, 5.74) is 5.25. The third-order valence-electron chi connectivity index (χ3n) is 6.85. The zero-order chi connectivity index (χ0) is 28.2. The summed E-state index contributed by atoms with van der Waals surface area (Å²) in [4.78, 5) is 19.1. The Bertz CT molecular complexity index is 1510. The Morgan fingerprint density at radius 1 is 1.00 bits per heavy atom. The molecule has 2 N–H and O–H groups in total. The predicted molar refractivity (Wildman–Crippen MR) is 158 cm³/mol. The van der Waals surface area contributed by atoms with E-state index < -0.39 is 0 Å². The number of pyridine rings is 1. The molecule has 3 heterocycles. The number of nitrogens with one attached hydrogen (secondary N) is 2. The lowest BCUT2D eigenvalue weighted by molar-refractivity contribution is -0.119. The van der Waals surface area contributed by atoms with Crippen molar-refractivity contribution < 1.29 is 19.0 Å². The molecule has 0 spiro atoms. The van der Waals surface area contributed by atoms with Crippen LogP contribution in [0.4, 0.5) is 11.4 Å². The minimum Gasteiger partial charge on any atom is -0.497 e. The van der Waals surface area contributed by atoms with Gasteiger partial charge in [-0.2, -0.15) is 0 Å². The second-order valence-electron chi connectivity index (χ2n) is 9.30. The van der Waals surface area contributed by atoms with E-state index in [-0.39, 0.29) is 24.6 Å². The fraction of sp³-hybridized carbons (Fsp3) is 0.233. The number of amides is 1. The smallest absolute Gasteiger partial charge is 0.250 e. The Balaban J connectivity index is 1.65. The number of aryl methyl sites for hydroxylation is 1. The van der Waals surface area contributed by atoms with Crippen molar-refractivity contribution in [1.29, 1.82) is 0 Å². The van der Waals surface area contributed by atoms with Crippen molar-refractivity contribution in [1.82, 2.24) is 14.9 Å². The molecule has 2 atom stereocenters. The summed E-state index contributed by atoms with van der Waals surface area (Å²) in [7, 11) is 4.69. The van der Waals surface area contributed by atoms with Crippen LogP contribution in [-0.2, 0) is 9.53 Å². The number of hydrogen-bond donors (Lipinski definition) is 2. The number of methoxy groups -OCH3 is 3. The van der Waals surface area contributed by atoms with Crippen LogP contribution in [0.3, 0.4) is 0 Å². The first-order valence-electron chi connectivity index (χ1n) is 12.7. The molecule has 0 radical (unpaired) electrons. The van der Waals surface area contributed by atoms with Crippen molar-refractivity contribution in [2.75, 3.05) is 38.2 Å². The number of hydrogen-bond acceptors (Lipinski definition) is 6. The van der Waals surface area contributed by atoms with Gasteiger partial charge >= 0.3 is 0 Å². The fourth-order valence-electron chi connectivity index (χ4n) is 5.07. The highest BCUT2D eigenvalue weighted by molar-refractivity contribution is 7.80. The van der Waals surface area contributed by atoms with Crippen molar-refractivity contribution in [3.63, 3.8) is 0 Å². The second-order valence-corrected chi connectivity index (χ2v) is 9.68. The first kappa shape index (κ1) is 27.2. The monoisotopic (exact) mass is 557 g/mol. The lowest BCUT2D eigenvalue weighted by Crippen LogP contribution is -2.30. The maximum atomic E-state index is 12.4. The molecule has 1 amide bonds. The minimum atomic E-state index is -0.285. The number of benzene rings is 2. The molecule has 5 rings (SSSR count). The van der Waals surface area contributed by atoms with Gasteiger partial charge in [0.2, 0.25) is 5.91 Å². The number of rotatable bonds is 9. The van der Waals surface area contributed by atoms with Gasteiger partial charge in [-0.05, 0) is 85.9 Å². The van der Waals surface area contributed by atoms with E-state index in [1.54, 1.807) is 20.4 Å². The number of ether oxygens (including phenoxy) is 3. The molecule has 0 unspecified atom stereocenters. The van der Waals surface area contributed by atoms with Crippen LogP contribution in [0.25, 0.3) is 5.69 Å². The van der Waals surface area contributed by atoms with Crippen molar-refractivity contribution >= 4 is 34.6 Å². The Labute approximate surface area is 238 Å². The van der Waals surface area contributed by atoms with Gasteiger partial charge in [0, 0.05) is 36.1 Å². The molecule has 4 aromatic rings. The molecule has 0 bridgehead atoms. The summed E-state index contributed by atoms with van der Waals surface area (Å²) in [5.74, 6) is 1.03. The highest BCUT2D eigenvalue weighted by atomic mass is 32.1. The van der Waals surface area contributed by atoms with Crippen LogP contribution in [-0.4, -0.2) is 48.5 Å². The van der Waals surface area contributed by atoms with Gasteiger partial charge in [0.05, 0.1) is 31.6 Å². The lowest BCUT2D eigenvalue weighted by Gasteiger charge is -2.30. The molecule has 1 aliphatic rings. The van der Waals surface area contributed by atoms with Gasteiger partial charge in [0.1, 0.15) is 24.1 Å². The summed E-state index contributed by atoms with van der Waals surface area (Å²) in [5, 5.41) is 6.93. The molecule has 40 heavy (non-hydrogen) atoms. The van der Waals surface area contributed by atoms with Crippen LogP contribution in [0.2, 0.25) is 0 Å². The third-order valence-corrected chi connectivity index (χ3v) is 7.16. The molecule has 0 aliphatic carbocycles. The molecule has 0 saturated carbocycles. The lowest BCUT2D eigenvalue weighted by atomic mass is 10.0. The molecule has 1 aliphatic heterocycles. The fourth-order valence-corrected chi connectivity index (χ4v) is 5.41. The minimum absolute atomic E-state index is 0.0733. The number of anilines is 2. The topological polar surface area (TPSA) is 89.9 Å². The molecule has 9 nitrogen and oxygen atoms in total. The van der Waals surface area contributed by atoms with E-state index in [0.29, 0.717) is 16.5 Å². The van der Waals surface area contributed by atoms with E-state index in [4.69, 9.17) is 26.4 Å². The molecular weight excluding hydrogens is 526 g/mol. The van der Waals surface area contributed by atoms with Crippen LogP contribution in [0.15, 0.2) is 79.0 Å².